The quantitative estimate of drug-likeness (QED) is 0.390. The molecule has 2 aliphatic carbocycles. The van der Waals surface area contributed by atoms with Crippen molar-refractivity contribution in [2.75, 3.05) is 6.61 Å². The molecule has 1 nitrogen and oxygen atoms in total. The molecule has 0 heterocycles. The van der Waals surface area contributed by atoms with E-state index in [1.165, 1.54) is 25.7 Å². The molecule has 0 spiro atoms. The van der Waals surface area contributed by atoms with Gasteiger partial charge in [0, 0.05) is 5.92 Å². The summed E-state index contributed by atoms with van der Waals surface area (Å²) in [4.78, 5) is 0. The minimum Gasteiger partial charge on any atom is -0.490 e. The van der Waals surface area contributed by atoms with Gasteiger partial charge in [0.1, 0.15) is 0 Å². The van der Waals surface area contributed by atoms with Gasteiger partial charge in [0.05, 0.1) is 6.61 Å². The number of allylic oxidation sites excluding steroid dienone is 2. The molecule has 0 saturated heterocycles. The second kappa shape index (κ2) is 9.01. The lowest BCUT2D eigenvalue weighted by molar-refractivity contribution is 0.225. The largest absolute Gasteiger partial charge is 0.490 e. The van der Waals surface area contributed by atoms with Crippen molar-refractivity contribution in [3.05, 3.63) is 41.5 Å². The number of halogens is 2. The van der Waals surface area contributed by atoms with Crippen LogP contribution < -0.4 is 4.74 Å². The summed E-state index contributed by atoms with van der Waals surface area (Å²) in [6.07, 6.45) is 13.5. The molecule has 144 valence electrons. The Kier molecular flexibility index (Phi) is 6.72. The van der Waals surface area contributed by atoms with Crippen LogP contribution in [-0.4, -0.2) is 6.61 Å². The van der Waals surface area contributed by atoms with Crippen LogP contribution in [0.25, 0.3) is 0 Å². The standard InChI is InChI=1S/C23H32F2O/c1-3-4-15-26-21-14-13-20(22(24)23(21)25)19-11-9-18(10-12-19)17-7-5-16(2)6-8-17/h9,11,13-14,16-19H,3-8,10,12,15H2,1-2H3. The number of ether oxygens (including phenoxy) is 1. The molecule has 0 aromatic heterocycles. The van der Waals surface area contributed by atoms with Gasteiger partial charge in [-0.15, -0.1) is 0 Å². The number of benzene rings is 1. The topological polar surface area (TPSA) is 9.23 Å². The maximum Gasteiger partial charge on any atom is 0.200 e. The van der Waals surface area contributed by atoms with Gasteiger partial charge in [-0.25, -0.2) is 4.39 Å². The van der Waals surface area contributed by atoms with Gasteiger partial charge in [-0.1, -0.05) is 51.3 Å². The first kappa shape index (κ1) is 19.4. The summed E-state index contributed by atoms with van der Waals surface area (Å²) >= 11 is 0. The molecule has 1 fully saturated rings. The molecule has 2 aliphatic rings. The summed E-state index contributed by atoms with van der Waals surface area (Å²) in [6.45, 7) is 4.81. The van der Waals surface area contributed by atoms with Crippen LogP contribution in [0.1, 0.15) is 76.7 Å². The molecular weight excluding hydrogens is 330 g/mol. The number of rotatable bonds is 6. The minimum atomic E-state index is -0.838. The van der Waals surface area contributed by atoms with Crippen LogP contribution in [0.5, 0.6) is 5.75 Å². The lowest BCUT2D eigenvalue weighted by Gasteiger charge is -2.34. The van der Waals surface area contributed by atoms with E-state index in [-0.39, 0.29) is 11.7 Å². The van der Waals surface area contributed by atoms with Crippen molar-refractivity contribution >= 4 is 0 Å². The third kappa shape index (κ3) is 4.47. The van der Waals surface area contributed by atoms with E-state index in [9.17, 15) is 8.78 Å². The van der Waals surface area contributed by atoms with Crippen molar-refractivity contribution in [3.63, 3.8) is 0 Å². The highest BCUT2D eigenvalue weighted by Gasteiger charge is 2.29. The molecule has 26 heavy (non-hydrogen) atoms. The summed E-state index contributed by atoms with van der Waals surface area (Å²) < 4.78 is 34.3. The van der Waals surface area contributed by atoms with Crippen LogP contribution in [0.4, 0.5) is 8.78 Å². The van der Waals surface area contributed by atoms with Crippen LogP contribution >= 0.6 is 0 Å². The van der Waals surface area contributed by atoms with Crippen LogP contribution in [0.3, 0.4) is 0 Å². The van der Waals surface area contributed by atoms with E-state index in [2.05, 4.69) is 19.1 Å². The Labute approximate surface area is 156 Å². The summed E-state index contributed by atoms with van der Waals surface area (Å²) in [6, 6.07) is 3.29. The Morgan fingerprint density at radius 3 is 2.38 bits per heavy atom. The van der Waals surface area contributed by atoms with E-state index in [1.807, 2.05) is 6.92 Å². The van der Waals surface area contributed by atoms with Crippen molar-refractivity contribution in [1.29, 1.82) is 0 Å². The van der Waals surface area contributed by atoms with E-state index in [0.717, 1.165) is 37.5 Å². The van der Waals surface area contributed by atoms with E-state index in [4.69, 9.17) is 4.74 Å². The van der Waals surface area contributed by atoms with Crippen molar-refractivity contribution in [2.24, 2.45) is 17.8 Å². The van der Waals surface area contributed by atoms with Gasteiger partial charge in [-0.2, -0.15) is 4.39 Å². The van der Waals surface area contributed by atoms with Crippen LogP contribution in [0.15, 0.2) is 24.3 Å². The molecule has 0 aliphatic heterocycles. The summed E-state index contributed by atoms with van der Waals surface area (Å²) in [7, 11) is 0. The first-order valence-electron chi connectivity index (χ1n) is 10.4. The Hall–Kier alpha value is -1.38. The third-order valence-corrected chi connectivity index (χ3v) is 6.30. The molecule has 0 N–H and O–H groups in total. The Morgan fingerprint density at radius 2 is 1.73 bits per heavy atom. The van der Waals surface area contributed by atoms with Gasteiger partial charge < -0.3 is 4.74 Å². The smallest absolute Gasteiger partial charge is 0.200 e. The highest BCUT2D eigenvalue weighted by atomic mass is 19.2. The predicted octanol–water partition coefficient (Wildman–Crippen LogP) is 7.02. The fourth-order valence-corrected chi connectivity index (χ4v) is 4.48. The molecule has 0 bridgehead atoms. The predicted molar refractivity (Wildman–Crippen MR) is 102 cm³/mol. The second-order valence-corrected chi connectivity index (χ2v) is 8.24. The molecule has 0 amide bonds. The van der Waals surface area contributed by atoms with Crippen molar-refractivity contribution in [3.8, 4) is 5.75 Å². The second-order valence-electron chi connectivity index (χ2n) is 8.24. The van der Waals surface area contributed by atoms with E-state index in [1.54, 1.807) is 12.1 Å². The molecule has 3 heteroatoms. The first-order chi connectivity index (χ1) is 12.6. The summed E-state index contributed by atoms with van der Waals surface area (Å²) in [5, 5.41) is 0. The van der Waals surface area contributed by atoms with Gasteiger partial charge in [0.15, 0.2) is 11.6 Å². The maximum absolute atomic E-state index is 14.6. The van der Waals surface area contributed by atoms with Gasteiger partial charge in [-0.3, -0.25) is 0 Å². The van der Waals surface area contributed by atoms with E-state index >= 15 is 0 Å². The molecule has 3 rings (SSSR count). The molecule has 1 saturated carbocycles. The Balaban J connectivity index is 1.65. The van der Waals surface area contributed by atoms with Crippen LogP contribution in [0, 0.1) is 29.4 Å². The molecule has 2 atom stereocenters. The SMILES string of the molecule is CCCCOc1ccc(C2C=CC(C3CCC(C)CC3)CC2)c(F)c1F. The van der Waals surface area contributed by atoms with E-state index < -0.39 is 11.6 Å². The highest BCUT2D eigenvalue weighted by Crippen LogP contribution is 2.41. The summed E-state index contributed by atoms with van der Waals surface area (Å²) in [5.41, 5.74) is 0.470. The Bertz CT molecular complexity index is 617. The zero-order valence-electron chi connectivity index (χ0n) is 16.1. The van der Waals surface area contributed by atoms with Crippen molar-refractivity contribution in [1.82, 2.24) is 0 Å². The normalized spacial score (nSPS) is 28.9. The lowest BCUT2D eigenvalue weighted by Crippen LogP contribution is -2.22. The first-order valence-corrected chi connectivity index (χ1v) is 10.4. The van der Waals surface area contributed by atoms with Crippen LogP contribution in [0.2, 0.25) is 0 Å². The fraction of sp³-hybridized carbons (Fsp3) is 0.652. The number of hydrogen-bond donors (Lipinski definition) is 0. The van der Waals surface area contributed by atoms with Gasteiger partial charge in [-0.05, 0) is 61.5 Å². The zero-order valence-corrected chi connectivity index (χ0v) is 16.1. The fourth-order valence-electron chi connectivity index (χ4n) is 4.48. The Morgan fingerprint density at radius 1 is 0.962 bits per heavy atom. The van der Waals surface area contributed by atoms with Crippen molar-refractivity contribution < 1.29 is 13.5 Å². The molecule has 1 aromatic carbocycles. The minimum absolute atomic E-state index is 0.0204. The van der Waals surface area contributed by atoms with Gasteiger partial charge in [0.2, 0.25) is 5.82 Å². The third-order valence-electron chi connectivity index (χ3n) is 6.30. The molecule has 0 radical (unpaired) electrons. The van der Waals surface area contributed by atoms with Gasteiger partial charge >= 0.3 is 0 Å². The van der Waals surface area contributed by atoms with Crippen LogP contribution in [-0.2, 0) is 0 Å². The average Bonchev–Trinajstić information content (AvgIpc) is 2.66. The summed E-state index contributed by atoms with van der Waals surface area (Å²) in [5.74, 6) is 0.694. The number of unbranched alkanes of at least 4 members (excludes halogenated alkanes) is 1. The zero-order chi connectivity index (χ0) is 18.5. The average molecular weight is 363 g/mol. The monoisotopic (exact) mass is 362 g/mol. The maximum atomic E-state index is 14.6. The molecule has 1 aromatic rings. The highest BCUT2D eigenvalue weighted by molar-refractivity contribution is 5.35. The van der Waals surface area contributed by atoms with E-state index in [0.29, 0.717) is 18.1 Å². The van der Waals surface area contributed by atoms with Gasteiger partial charge in [0.25, 0.3) is 0 Å². The number of hydrogen-bond acceptors (Lipinski definition) is 1. The lowest BCUT2D eigenvalue weighted by atomic mass is 9.71. The molecular formula is C23H32F2O. The van der Waals surface area contributed by atoms with Crippen molar-refractivity contribution in [2.45, 2.75) is 71.1 Å². The molecule has 2 unspecified atom stereocenters.